The quantitative estimate of drug-likeness (QED) is 0.654. The highest BCUT2D eigenvalue weighted by Crippen LogP contribution is 2.35. The lowest BCUT2D eigenvalue weighted by molar-refractivity contribution is -0.146. The maximum absolute atomic E-state index is 12.7. The minimum atomic E-state index is -1.05. The first-order valence-electron chi connectivity index (χ1n) is 7.73. The second-order valence-corrected chi connectivity index (χ2v) is 7.71. The van der Waals surface area contributed by atoms with Crippen LogP contribution < -0.4 is 0 Å². The van der Waals surface area contributed by atoms with Gasteiger partial charge < -0.3 is 5.11 Å². The molecule has 1 aromatic heterocycles. The van der Waals surface area contributed by atoms with Gasteiger partial charge in [0.25, 0.3) is 5.91 Å². The first kappa shape index (κ1) is 17.6. The second kappa shape index (κ2) is 6.93. The molecule has 1 amide bonds. The molecule has 1 fully saturated rings. The van der Waals surface area contributed by atoms with Gasteiger partial charge in [0.2, 0.25) is 0 Å². The maximum atomic E-state index is 12.7. The zero-order chi connectivity index (χ0) is 18.1. The summed E-state index contributed by atoms with van der Waals surface area (Å²) in [6.07, 6.45) is 3.47. The van der Waals surface area contributed by atoms with Gasteiger partial charge in [-0.25, -0.2) is 4.79 Å². The molecule has 2 heterocycles. The average Bonchev–Trinajstić information content (AvgIpc) is 2.82. The summed E-state index contributed by atoms with van der Waals surface area (Å²) in [7, 11) is 0. The van der Waals surface area contributed by atoms with E-state index in [1.54, 1.807) is 26.1 Å². The number of hydrogen-bond acceptors (Lipinski definition) is 5. The molecule has 7 heteroatoms. The van der Waals surface area contributed by atoms with Gasteiger partial charge in [-0.3, -0.25) is 14.7 Å². The van der Waals surface area contributed by atoms with Crippen molar-refractivity contribution in [2.75, 3.05) is 0 Å². The number of aliphatic carboxylic acids is 1. The normalized spacial score (nSPS) is 17.7. The van der Waals surface area contributed by atoms with Crippen LogP contribution in [-0.2, 0) is 9.59 Å². The fourth-order valence-corrected chi connectivity index (χ4v) is 4.08. The standard InChI is InChI=1S/C18H16N2O3S2/c1-10(2)15(17(22)23)20-16(21)14(25-18(20)24)9-11-5-6-13-12(8-11)4-3-7-19-13/h3-10,15H,1-2H3,(H,22,23)/b14-9-/t15-/m0/s1. The molecule has 1 aliphatic rings. The predicted octanol–water partition coefficient (Wildman–Crippen LogP) is 3.55. The summed E-state index contributed by atoms with van der Waals surface area (Å²) in [5, 5.41) is 10.4. The molecule has 3 rings (SSSR count). The summed E-state index contributed by atoms with van der Waals surface area (Å²) < 4.78 is 0.278. The van der Waals surface area contributed by atoms with E-state index in [4.69, 9.17) is 12.2 Å². The lowest BCUT2D eigenvalue weighted by atomic mass is 10.0. The Morgan fingerprint density at radius 2 is 2.12 bits per heavy atom. The second-order valence-electron chi connectivity index (χ2n) is 6.03. The first-order chi connectivity index (χ1) is 11.9. The van der Waals surface area contributed by atoms with E-state index >= 15 is 0 Å². The number of benzene rings is 1. The van der Waals surface area contributed by atoms with Crippen LogP contribution in [0.4, 0.5) is 0 Å². The van der Waals surface area contributed by atoms with Gasteiger partial charge in [0, 0.05) is 11.6 Å². The number of carboxylic acid groups (broad SMARTS) is 1. The lowest BCUT2D eigenvalue weighted by Crippen LogP contribution is -2.47. The molecule has 1 aromatic carbocycles. The number of thiocarbonyl (C=S) groups is 1. The van der Waals surface area contributed by atoms with Crippen molar-refractivity contribution in [2.24, 2.45) is 5.92 Å². The fourth-order valence-electron chi connectivity index (χ4n) is 2.75. The minimum absolute atomic E-state index is 0.244. The van der Waals surface area contributed by atoms with Gasteiger partial charge in [0.1, 0.15) is 10.4 Å². The van der Waals surface area contributed by atoms with Crippen molar-refractivity contribution >= 4 is 57.2 Å². The maximum Gasteiger partial charge on any atom is 0.327 e. The van der Waals surface area contributed by atoms with Crippen LogP contribution in [0, 0.1) is 5.92 Å². The van der Waals surface area contributed by atoms with Crippen LogP contribution in [0.15, 0.2) is 41.4 Å². The zero-order valence-electron chi connectivity index (χ0n) is 13.7. The van der Waals surface area contributed by atoms with Crippen molar-refractivity contribution in [3.63, 3.8) is 0 Å². The molecule has 0 unspecified atom stereocenters. The Labute approximate surface area is 154 Å². The van der Waals surface area contributed by atoms with E-state index in [0.29, 0.717) is 4.91 Å². The van der Waals surface area contributed by atoms with E-state index in [2.05, 4.69) is 4.98 Å². The number of hydrogen-bond donors (Lipinski definition) is 1. The summed E-state index contributed by atoms with van der Waals surface area (Å²) >= 11 is 6.39. The average molecular weight is 372 g/mol. The molecule has 5 nitrogen and oxygen atoms in total. The Morgan fingerprint density at radius 1 is 1.36 bits per heavy atom. The van der Waals surface area contributed by atoms with E-state index in [1.165, 1.54) is 4.90 Å². The molecule has 1 N–H and O–H groups in total. The molecule has 1 saturated heterocycles. The first-order valence-corrected chi connectivity index (χ1v) is 8.95. The number of amides is 1. The molecule has 0 radical (unpaired) electrons. The highest BCUT2D eigenvalue weighted by molar-refractivity contribution is 8.26. The highest BCUT2D eigenvalue weighted by Gasteiger charge is 2.41. The van der Waals surface area contributed by atoms with Crippen molar-refractivity contribution in [3.8, 4) is 0 Å². The smallest absolute Gasteiger partial charge is 0.327 e. The molecule has 1 atom stereocenters. The lowest BCUT2D eigenvalue weighted by Gasteiger charge is -2.26. The summed E-state index contributed by atoms with van der Waals surface area (Å²) in [6, 6.07) is 8.54. The number of nitrogens with zero attached hydrogens (tertiary/aromatic N) is 2. The number of thioether (sulfide) groups is 1. The molecule has 0 spiro atoms. The largest absolute Gasteiger partial charge is 0.480 e. The Morgan fingerprint density at radius 3 is 2.80 bits per heavy atom. The molecule has 0 aliphatic carbocycles. The Hall–Kier alpha value is -2.25. The van der Waals surface area contributed by atoms with Gasteiger partial charge in [0.05, 0.1) is 10.4 Å². The summed E-state index contributed by atoms with van der Waals surface area (Å²) in [5.41, 5.74) is 1.72. The molecule has 0 saturated carbocycles. The van der Waals surface area contributed by atoms with Crippen molar-refractivity contribution in [1.29, 1.82) is 0 Å². The van der Waals surface area contributed by atoms with Crippen LogP contribution >= 0.6 is 24.0 Å². The van der Waals surface area contributed by atoms with E-state index in [0.717, 1.165) is 28.2 Å². The third-order valence-electron chi connectivity index (χ3n) is 3.91. The van der Waals surface area contributed by atoms with Crippen molar-refractivity contribution in [3.05, 3.63) is 47.0 Å². The van der Waals surface area contributed by atoms with E-state index < -0.39 is 12.0 Å². The summed E-state index contributed by atoms with van der Waals surface area (Å²) in [6.45, 7) is 3.52. The van der Waals surface area contributed by atoms with Gasteiger partial charge >= 0.3 is 5.97 Å². The van der Waals surface area contributed by atoms with Crippen LogP contribution in [0.5, 0.6) is 0 Å². The molecule has 128 valence electrons. The fraction of sp³-hybridized carbons (Fsp3) is 0.222. The van der Waals surface area contributed by atoms with E-state index in [-0.39, 0.29) is 16.1 Å². The minimum Gasteiger partial charge on any atom is -0.480 e. The number of aromatic nitrogens is 1. The number of pyridine rings is 1. The number of fused-ring (bicyclic) bond motifs is 1. The van der Waals surface area contributed by atoms with Crippen LogP contribution in [0.1, 0.15) is 19.4 Å². The number of carbonyl (C=O) groups excluding carboxylic acids is 1. The molecular weight excluding hydrogens is 356 g/mol. The number of carboxylic acids is 1. The Balaban J connectivity index is 1.95. The monoisotopic (exact) mass is 372 g/mol. The predicted molar refractivity (Wildman–Crippen MR) is 103 cm³/mol. The zero-order valence-corrected chi connectivity index (χ0v) is 15.3. The Kier molecular flexibility index (Phi) is 4.87. The molecular formula is C18H16N2O3S2. The highest BCUT2D eigenvalue weighted by atomic mass is 32.2. The topological polar surface area (TPSA) is 70.5 Å². The molecule has 2 aromatic rings. The molecule has 0 bridgehead atoms. The van der Waals surface area contributed by atoms with Crippen LogP contribution in [-0.4, -0.2) is 37.2 Å². The number of carbonyl (C=O) groups is 2. The third-order valence-corrected chi connectivity index (χ3v) is 5.24. The van der Waals surface area contributed by atoms with Gasteiger partial charge in [-0.05, 0) is 35.8 Å². The van der Waals surface area contributed by atoms with E-state index in [1.807, 2.05) is 30.3 Å². The van der Waals surface area contributed by atoms with Gasteiger partial charge in [0.15, 0.2) is 0 Å². The van der Waals surface area contributed by atoms with Crippen molar-refractivity contribution < 1.29 is 14.7 Å². The summed E-state index contributed by atoms with van der Waals surface area (Å²) in [4.78, 5) is 30.2. The molecule has 25 heavy (non-hydrogen) atoms. The van der Waals surface area contributed by atoms with Crippen LogP contribution in [0.25, 0.3) is 17.0 Å². The SMILES string of the molecule is CC(C)[C@@H](C(=O)O)N1C(=O)/C(=C/c2ccc3ncccc3c2)SC1=S. The number of rotatable bonds is 4. The van der Waals surface area contributed by atoms with Gasteiger partial charge in [-0.15, -0.1) is 0 Å². The summed E-state index contributed by atoms with van der Waals surface area (Å²) in [5.74, 6) is -1.65. The van der Waals surface area contributed by atoms with Gasteiger partial charge in [-0.1, -0.05) is 50.0 Å². The van der Waals surface area contributed by atoms with Crippen molar-refractivity contribution in [1.82, 2.24) is 9.88 Å². The van der Waals surface area contributed by atoms with Gasteiger partial charge in [-0.2, -0.15) is 0 Å². The van der Waals surface area contributed by atoms with E-state index in [9.17, 15) is 14.7 Å². The van der Waals surface area contributed by atoms with Crippen LogP contribution in [0.2, 0.25) is 0 Å². The van der Waals surface area contributed by atoms with Crippen LogP contribution in [0.3, 0.4) is 0 Å². The molecule has 1 aliphatic heterocycles. The van der Waals surface area contributed by atoms with Crippen molar-refractivity contribution in [2.45, 2.75) is 19.9 Å². The Bertz CT molecular complexity index is 908. The third kappa shape index (κ3) is 3.43.